The summed E-state index contributed by atoms with van der Waals surface area (Å²) in [6.45, 7) is 5.94. The number of carboxylic acid groups (broad SMARTS) is 1. The molecule has 1 aliphatic heterocycles. The van der Waals surface area contributed by atoms with Crippen molar-refractivity contribution in [2.45, 2.75) is 26.5 Å². The number of hydrogen-bond acceptors (Lipinski definition) is 4. The van der Waals surface area contributed by atoms with E-state index in [0.29, 0.717) is 24.4 Å². The van der Waals surface area contributed by atoms with Crippen LogP contribution < -0.4 is 5.56 Å². The van der Waals surface area contributed by atoms with Gasteiger partial charge < -0.3 is 19.3 Å². The van der Waals surface area contributed by atoms with Gasteiger partial charge in [-0.1, -0.05) is 0 Å². The Morgan fingerprint density at radius 3 is 2.80 bits per heavy atom. The largest absolute Gasteiger partial charge is 0.478 e. The van der Waals surface area contributed by atoms with Gasteiger partial charge in [0.2, 0.25) is 0 Å². The summed E-state index contributed by atoms with van der Waals surface area (Å²) in [5.74, 6) is -1.00. The highest BCUT2D eigenvalue weighted by Crippen LogP contribution is 2.13. The third kappa shape index (κ3) is 2.91. The van der Waals surface area contributed by atoms with Gasteiger partial charge in [-0.2, -0.15) is 0 Å². The molecular formula is C14H20N2O4. The third-order valence-corrected chi connectivity index (χ3v) is 3.71. The maximum absolute atomic E-state index is 12.1. The van der Waals surface area contributed by atoms with Crippen LogP contribution in [-0.2, 0) is 11.3 Å². The Hall–Kier alpha value is -1.66. The summed E-state index contributed by atoms with van der Waals surface area (Å²) >= 11 is 0. The minimum Gasteiger partial charge on any atom is -0.478 e. The SMILES string of the molecule is Cc1cc(=O)n(CC2CN(C)CCO2)c(C)c1C(=O)O. The van der Waals surface area contributed by atoms with E-state index in [-0.39, 0.29) is 17.2 Å². The van der Waals surface area contributed by atoms with Gasteiger partial charge in [-0.15, -0.1) is 0 Å². The first-order chi connectivity index (χ1) is 9.40. The predicted molar refractivity (Wildman–Crippen MR) is 74.4 cm³/mol. The van der Waals surface area contributed by atoms with Crippen molar-refractivity contribution in [2.24, 2.45) is 0 Å². The second-order valence-electron chi connectivity index (χ2n) is 5.30. The highest BCUT2D eigenvalue weighted by molar-refractivity contribution is 5.90. The van der Waals surface area contributed by atoms with Crippen molar-refractivity contribution in [3.8, 4) is 0 Å². The number of carbonyl (C=O) groups is 1. The lowest BCUT2D eigenvalue weighted by Crippen LogP contribution is -2.43. The lowest BCUT2D eigenvalue weighted by atomic mass is 10.1. The molecular weight excluding hydrogens is 260 g/mol. The number of nitrogens with zero attached hydrogens (tertiary/aromatic N) is 2. The molecule has 1 saturated heterocycles. The van der Waals surface area contributed by atoms with Crippen LogP contribution in [0.3, 0.4) is 0 Å². The molecule has 1 atom stereocenters. The van der Waals surface area contributed by atoms with Crippen molar-refractivity contribution in [1.82, 2.24) is 9.47 Å². The topological polar surface area (TPSA) is 71.8 Å². The maximum atomic E-state index is 12.1. The zero-order valence-corrected chi connectivity index (χ0v) is 12.0. The zero-order chi connectivity index (χ0) is 14.9. The van der Waals surface area contributed by atoms with Crippen LogP contribution in [0.25, 0.3) is 0 Å². The van der Waals surface area contributed by atoms with Gasteiger partial charge in [0.1, 0.15) is 0 Å². The monoisotopic (exact) mass is 280 g/mol. The second-order valence-corrected chi connectivity index (χ2v) is 5.30. The average Bonchev–Trinajstić information content (AvgIpc) is 2.33. The second kappa shape index (κ2) is 5.76. The van der Waals surface area contributed by atoms with Gasteiger partial charge in [0.15, 0.2) is 0 Å². The molecule has 1 aromatic heterocycles. The minimum absolute atomic E-state index is 0.0884. The highest BCUT2D eigenvalue weighted by atomic mass is 16.5. The number of aromatic nitrogens is 1. The molecule has 1 aliphatic rings. The summed E-state index contributed by atoms with van der Waals surface area (Å²) in [6, 6.07) is 1.38. The van der Waals surface area contributed by atoms with E-state index in [1.165, 1.54) is 10.6 Å². The summed E-state index contributed by atoms with van der Waals surface area (Å²) in [7, 11) is 2.00. The number of hydrogen-bond donors (Lipinski definition) is 1. The van der Waals surface area contributed by atoms with Crippen LogP contribution in [-0.4, -0.2) is 53.4 Å². The van der Waals surface area contributed by atoms with Gasteiger partial charge in [0.25, 0.3) is 5.56 Å². The van der Waals surface area contributed by atoms with Crippen molar-refractivity contribution < 1.29 is 14.6 Å². The van der Waals surface area contributed by atoms with Crippen molar-refractivity contribution >= 4 is 5.97 Å². The first-order valence-corrected chi connectivity index (χ1v) is 6.64. The van der Waals surface area contributed by atoms with Crippen LogP contribution in [0.2, 0.25) is 0 Å². The van der Waals surface area contributed by atoms with E-state index in [1.807, 2.05) is 7.05 Å². The molecule has 0 aromatic carbocycles. The number of carboxylic acids is 1. The standard InChI is InChI=1S/C14H20N2O4/c1-9-6-12(17)16(10(2)13(9)14(18)19)8-11-7-15(3)4-5-20-11/h6,11H,4-5,7-8H2,1-3H3,(H,18,19). The molecule has 1 unspecified atom stereocenters. The smallest absolute Gasteiger partial charge is 0.337 e. The number of ether oxygens (including phenoxy) is 1. The number of aryl methyl sites for hydroxylation is 1. The summed E-state index contributed by atoms with van der Waals surface area (Å²) in [5.41, 5.74) is 1.01. The summed E-state index contributed by atoms with van der Waals surface area (Å²) in [4.78, 5) is 25.5. The number of rotatable bonds is 3. The molecule has 1 fully saturated rings. The molecule has 2 rings (SSSR count). The molecule has 0 bridgehead atoms. The van der Waals surface area contributed by atoms with Gasteiger partial charge in [-0.25, -0.2) is 4.79 Å². The van der Waals surface area contributed by atoms with E-state index in [9.17, 15) is 14.7 Å². The Bertz CT molecular complexity index is 579. The fourth-order valence-corrected chi connectivity index (χ4v) is 2.65. The molecule has 0 aliphatic carbocycles. The molecule has 0 saturated carbocycles. The Morgan fingerprint density at radius 1 is 1.50 bits per heavy atom. The first kappa shape index (κ1) is 14.7. The normalized spacial score (nSPS) is 20.1. The van der Waals surface area contributed by atoms with Crippen molar-refractivity contribution in [3.05, 3.63) is 33.2 Å². The Morgan fingerprint density at radius 2 is 2.20 bits per heavy atom. The van der Waals surface area contributed by atoms with Gasteiger partial charge in [-0.05, 0) is 26.5 Å². The summed E-state index contributed by atoms with van der Waals surface area (Å²) < 4.78 is 7.14. The van der Waals surface area contributed by atoms with E-state index in [4.69, 9.17) is 4.74 Å². The third-order valence-electron chi connectivity index (χ3n) is 3.71. The quantitative estimate of drug-likeness (QED) is 0.872. The first-order valence-electron chi connectivity index (χ1n) is 6.64. The zero-order valence-electron chi connectivity index (χ0n) is 12.0. The molecule has 6 heteroatoms. The van der Waals surface area contributed by atoms with Crippen LogP contribution in [0, 0.1) is 13.8 Å². The summed E-state index contributed by atoms with van der Waals surface area (Å²) in [5, 5.41) is 9.25. The molecule has 0 spiro atoms. The van der Waals surface area contributed by atoms with Gasteiger partial charge in [-0.3, -0.25) is 4.79 Å². The lowest BCUT2D eigenvalue weighted by molar-refractivity contribution is -0.0282. The van der Waals surface area contributed by atoms with Crippen LogP contribution in [0.4, 0.5) is 0 Å². The molecule has 1 aromatic rings. The average molecular weight is 280 g/mol. The fourth-order valence-electron chi connectivity index (χ4n) is 2.65. The number of morpholine rings is 1. The Kier molecular flexibility index (Phi) is 4.25. The molecule has 2 heterocycles. The van der Waals surface area contributed by atoms with Gasteiger partial charge in [0.05, 0.1) is 24.8 Å². The Labute approximate surface area is 117 Å². The lowest BCUT2D eigenvalue weighted by Gasteiger charge is -2.31. The van der Waals surface area contributed by atoms with Gasteiger partial charge >= 0.3 is 5.97 Å². The van der Waals surface area contributed by atoms with E-state index < -0.39 is 5.97 Å². The molecule has 110 valence electrons. The molecule has 1 N–H and O–H groups in total. The predicted octanol–water partition coefficient (Wildman–Crippen LogP) is 0.494. The number of aromatic carboxylic acids is 1. The highest BCUT2D eigenvalue weighted by Gasteiger charge is 2.21. The van der Waals surface area contributed by atoms with E-state index in [0.717, 1.165) is 13.1 Å². The molecule has 20 heavy (non-hydrogen) atoms. The maximum Gasteiger partial charge on any atom is 0.337 e. The van der Waals surface area contributed by atoms with Crippen LogP contribution in [0.15, 0.2) is 10.9 Å². The van der Waals surface area contributed by atoms with Gasteiger partial charge in [0, 0.05) is 24.8 Å². The van der Waals surface area contributed by atoms with Crippen molar-refractivity contribution in [1.29, 1.82) is 0 Å². The van der Waals surface area contributed by atoms with E-state index in [1.54, 1.807) is 13.8 Å². The van der Waals surface area contributed by atoms with E-state index >= 15 is 0 Å². The summed E-state index contributed by atoms with van der Waals surface area (Å²) in [6.07, 6.45) is -0.0884. The van der Waals surface area contributed by atoms with Crippen molar-refractivity contribution in [2.75, 3.05) is 26.7 Å². The molecule has 6 nitrogen and oxygen atoms in total. The number of pyridine rings is 1. The van der Waals surface area contributed by atoms with Crippen LogP contribution >= 0.6 is 0 Å². The van der Waals surface area contributed by atoms with Crippen LogP contribution in [0.1, 0.15) is 21.6 Å². The van der Waals surface area contributed by atoms with Crippen molar-refractivity contribution in [3.63, 3.8) is 0 Å². The molecule has 0 amide bonds. The van der Waals surface area contributed by atoms with E-state index in [2.05, 4.69) is 4.90 Å². The fraction of sp³-hybridized carbons (Fsp3) is 0.571. The molecule has 0 radical (unpaired) electrons. The minimum atomic E-state index is -1.00. The number of likely N-dealkylation sites (N-methyl/N-ethyl adjacent to an activating group) is 1. The Balaban J connectivity index is 2.34. The van der Waals surface area contributed by atoms with Crippen LogP contribution in [0.5, 0.6) is 0 Å².